The molecule has 1 saturated heterocycles. The minimum absolute atomic E-state index is 0. The maximum Gasteiger partial charge on any atom is 0.227 e. The van der Waals surface area contributed by atoms with Crippen LogP contribution in [0.5, 0.6) is 0 Å². The molecule has 3 rings (SSSR count). The van der Waals surface area contributed by atoms with E-state index in [0.29, 0.717) is 6.54 Å². The normalized spacial score (nSPS) is 20.1. The molecule has 6 nitrogen and oxygen atoms in total. The van der Waals surface area contributed by atoms with Crippen LogP contribution in [-0.2, 0) is 11.3 Å². The smallest absolute Gasteiger partial charge is 0.227 e. The lowest BCUT2D eigenvalue weighted by Gasteiger charge is -2.33. The molecule has 1 aliphatic carbocycles. The third-order valence-corrected chi connectivity index (χ3v) is 6.21. The van der Waals surface area contributed by atoms with E-state index in [2.05, 4.69) is 38.8 Å². The van der Waals surface area contributed by atoms with E-state index in [-0.39, 0.29) is 35.8 Å². The fourth-order valence-corrected chi connectivity index (χ4v) is 4.06. The van der Waals surface area contributed by atoms with Gasteiger partial charge in [0.15, 0.2) is 5.96 Å². The molecule has 1 heterocycles. The third kappa shape index (κ3) is 7.72. The van der Waals surface area contributed by atoms with E-state index >= 15 is 0 Å². The van der Waals surface area contributed by atoms with E-state index < -0.39 is 0 Å². The Kier molecular flexibility index (Phi) is 10.9. The first kappa shape index (κ1) is 24.9. The van der Waals surface area contributed by atoms with Crippen LogP contribution in [-0.4, -0.2) is 49.5 Å². The minimum atomic E-state index is 0. The van der Waals surface area contributed by atoms with Crippen LogP contribution >= 0.6 is 24.0 Å². The number of nitrogens with zero attached hydrogens (tertiary/aromatic N) is 2. The Morgan fingerprint density at radius 2 is 2.00 bits per heavy atom. The fourth-order valence-electron chi connectivity index (χ4n) is 4.06. The number of hydrogen-bond acceptors (Lipinski definition) is 3. The summed E-state index contributed by atoms with van der Waals surface area (Å²) < 4.78 is 0. The van der Waals surface area contributed by atoms with Crippen molar-refractivity contribution in [3.05, 3.63) is 29.8 Å². The second-order valence-corrected chi connectivity index (χ2v) is 8.40. The maximum atomic E-state index is 12.1. The largest absolute Gasteiger partial charge is 0.356 e. The maximum absolute atomic E-state index is 12.1. The van der Waals surface area contributed by atoms with Crippen molar-refractivity contribution in [3.63, 3.8) is 0 Å². The Hall–Kier alpha value is -1.35. The second-order valence-electron chi connectivity index (χ2n) is 8.40. The number of rotatable bonds is 8. The second kappa shape index (κ2) is 13.1. The highest BCUT2D eigenvalue weighted by Gasteiger charge is 2.25. The van der Waals surface area contributed by atoms with Gasteiger partial charge in [0.1, 0.15) is 0 Å². The highest BCUT2D eigenvalue weighted by molar-refractivity contribution is 14.0. The number of halogens is 1. The highest BCUT2D eigenvalue weighted by Crippen LogP contribution is 2.27. The molecule has 1 unspecified atom stereocenters. The topological polar surface area (TPSA) is 68.8 Å². The predicted octanol–water partition coefficient (Wildman–Crippen LogP) is 3.97. The van der Waals surface area contributed by atoms with Crippen LogP contribution in [0.3, 0.4) is 0 Å². The zero-order valence-corrected chi connectivity index (χ0v) is 20.8. The van der Waals surface area contributed by atoms with Gasteiger partial charge < -0.3 is 20.9 Å². The molecule has 0 aromatic heterocycles. The minimum Gasteiger partial charge on any atom is -0.356 e. The van der Waals surface area contributed by atoms with Crippen LogP contribution in [0, 0.1) is 5.92 Å². The van der Waals surface area contributed by atoms with E-state index in [1.165, 1.54) is 32.2 Å². The fraction of sp³-hybridized carbons (Fsp3) is 0.652. The van der Waals surface area contributed by atoms with Crippen molar-refractivity contribution in [2.24, 2.45) is 10.9 Å². The number of amides is 1. The molecule has 168 valence electrons. The molecule has 0 bridgehead atoms. The van der Waals surface area contributed by atoms with Crippen molar-refractivity contribution in [2.75, 3.05) is 32.0 Å². The quantitative estimate of drug-likeness (QED) is 0.207. The molecule has 1 aromatic carbocycles. The number of guanidine groups is 1. The van der Waals surface area contributed by atoms with Gasteiger partial charge in [-0.25, -0.2) is 0 Å². The Balaban J connectivity index is 0.00000320. The van der Waals surface area contributed by atoms with Crippen molar-refractivity contribution < 1.29 is 4.79 Å². The summed E-state index contributed by atoms with van der Waals surface area (Å²) in [5.41, 5.74) is 2.00. The summed E-state index contributed by atoms with van der Waals surface area (Å²) >= 11 is 0. The van der Waals surface area contributed by atoms with Gasteiger partial charge in [-0.05, 0) is 63.3 Å². The monoisotopic (exact) mass is 527 g/mol. The van der Waals surface area contributed by atoms with Crippen molar-refractivity contribution in [3.8, 4) is 0 Å². The number of carbonyl (C=O) groups is 1. The molecule has 1 aliphatic heterocycles. The third-order valence-electron chi connectivity index (χ3n) is 6.21. The molecule has 0 radical (unpaired) electrons. The number of anilines is 1. The Bertz CT molecular complexity index is 692. The number of carbonyl (C=O) groups excluding carboxylic acids is 1. The van der Waals surface area contributed by atoms with Gasteiger partial charge in [0, 0.05) is 44.3 Å². The predicted molar refractivity (Wildman–Crippen MR) is 136 cm³/mol. The summed E-state index contributed by atoms with van der Waals surface area (Å²) in [7, 11) is 1.80. The molecule has 1 atom stereocenters. The lowest BCUT2D eigenvalue weighted by Crippen LogP contribution is -2.41. The standard InChI is InChI=1S/C23H37N5O.HI/c1-18-8-3-4-14-28(18)15-7-13-25-23(24-2)26-17-19-9-5-12-21(16-19)27-22(29)20-10-6-11-20;/h5,9,12,16,18,20H,3-4,6-8,10-11,13-15,17H2,1-2H3,(H,27,29)(H2,24,25,26);1H. The Morgan fingerprint density at radius 1 is 1.17 bits per heavy atom. The van der Waals surface area contributed by atoms with E-state index in [4.69, 9.17) is 0 Å². The summed E-state index contributed by atoms with van der Waals surface area (Å²) in [6.45, 7) is 6.32. The molecule has 2 fully saturated rings. The summed E-state index contributed by atoms with van der Waals surface area (Å²) in [5.74, 6) is 1.18. The van der Waals surface area contributed by atoms with Gasteiger partial charge >= 0.3 is 0 Å². The van der Waals surface area contributed by atoms with Crippen LogP contribution in [0.25, 0.3) is 0 Å². The van der Waals surface area contributed by atoms with E-state index in [0.717, 1.165) is 55.6 Å². The summed E-state index contributed by atoms with van der Waals surface area (Å²) in [6, 6.07) is 8.77. The Morgan fingerprint density at radius 3 is 2.70 bits per heavy atom. The molecule has 1 amide bonds. The molecule has 30 heavy (non-hydrogen) atoms. The lowest BCUT2D eigenvalue weighted by molar-refractivity contribution is -0.122. The number of aliphatic imine (C=N–C) groups is 1. The van der Waals surface area contributed by atoms with Crippen LogP contribution < -0.4 is 16.0 Å². The van der Waals surface area contributed by atoms with Gasteiger partial charge in [-0.15, -0.1) is 24.0 Å². The molecule has 1 aromatic rings. The van der Waals surface area contributed by atoms with Crippen LogP contribution in [0.1, 0.15) is 57.4 Å². The Labute approximate surface area is 198 Å². The van der Waals surface area contributed by atoms with Gasteiger partial charge in [-0.2, -0.15) is 0 Å². The zero-order valence-electron chi connectivity index (χ0n) is 18.5. The van der Waals surface area contributed by atoms with Gasteiger partial charge in [0.2, 0.25) is 5.91 Å². The molecular formula is C23H38IN5O. The van der Waals surface area contributed by atoms with E-state index in [1.807, 2.05) is 18.2 Å². The number of benzene rings is 1. The van der Waals surface area contributed by atoms with Crippen LogP contribution in [0.4, 0.5) is 5.69 Å². The first-order valence-electron chi connectivity index (χ1n) is 11.2. The first-order valence-corrected chi connectivity index (χ1v) is 11.2. The summed E-state index contributed by atoms with van der Waals surface area (Å²) in [4.78, 5) is 19.1. The van der Waals surface area contributed by atoms with Gasteiger partial charge in [-0.3, -0.25) is 9.79 Å². The average Bonchev–Trinajstić information content (AvgIpc) is 2.67. The molecule has 1 saturated carbocycles. The van der Waals surface area contributed by atoms with Crippen molar-refractivity contribution >= 4 is 41.5 Å². The van der Waals surface area contributed by atoms with Crippen LogP contribution in [0.2, 0.25) is 0 Å². The molecule has 0 spiro atoms. The van der Waals surface area contributed by atoms with Crippen molar-refractivity contribution in [2.45, 2.75) is 64.5 Å². The van der Waals surface area contributed by atoms with Crippen molar-refractivity contribution in [1.29, 1.82) is 0 Å². The van der Waals surface area contributed by atoms with E-state index in [1.54, 1.807) is 7.05 Å². The van der Waals surface area contributed by atoms with Crippen LogP contribution in [0.15, 0.2) is 29.3 Å². The summed E-state index contributed by atoms with van der Waals surface area (Å²) in [6.07, 6.45) is 8.37. The molecule has 3 N–H and O–H groups in total. The number of piperidine rings is 1. The number of hydrogen-bond donors (Lipinski definition) is 3. The molecule has 2 aliphatic rings. The van der Waals surface area contributed by atoms with E-state index in [9.17, 15) is 4.79 Å². The number of likely N-dealkylation sites (tertiary alicyclic amines) is 1. The summed E-state index contributed by atoms with van der Waals surface area (Å²) in [5, 5.41) is 9.83. The zero-order chi connectivity index (χ0) is 20.5. The SMILES string of the molecule is CN=C(NCCCN1CCCCC1C)NCc1cccc(NC(=O)C2CCC2)c1.I. The highest BCUT2D eigenvalue weighted by atomic mass is 127. The molecule has 7 heteroatoms. The van der Waals surface area contributed by atoms with Gasteiger partial charge in [0.25, 0.3) is 0 Å². The molecular weight excluding hydrogens is 489 g/mol. The number of nitrogens with one attached hydrogen (secondary N) is 3. The lowest BCUT2D eigenvalue weighted by atomic mass is 9.85. The first-order chi connectivity index (χ1) is 14.2. The van der Waals surface area contributed by atoms with Gasteiger partial charge in [-0.1, -0.05) is 25.0 Å². The average molecular weight is 527 g/mol. The van der Waals surface area contributed by atoms with Gasteiger partial charge in [0.05, 0.1) is 0 Å². The van der Waals surface area contributed by atoms with Crippen molar-refractivity contribution in [1.82, 2.24) is 15.5 Å².